The van der Waals surface area contributed by atoms with Crippen LogP contribution in [-0.2, 0) is 289 Å². The Hall–Kier alpha value is 5.86. The topological polar surface area (TPSA) is 52.0 Å². The molecule has 1 saturated carbocycles. The van der Waals surface area contributed by atoms with Crippen LogP contribution in [0.15, 0.2) is 12.1 Å². The van der Waals surface area contributed by atoms with Crippen molar-refractivity contribution in [1.29, 1.82) is 0 Å². The van der Waals surface area contributed by atoms with Gasteiger partial charge in [-0.3, -0.25) is 0 Å². The Bertz CT molecular complexity index is 2440. The summed E-state index contributed by atoms with van der Waals surface area (Å²) in [7, 11) is 52.8. The van der Waals surface area contributed by atoms with Gasteiger partial charge in [-0.25, -0.2) is 0 Å². The van der Waals surface area contributed by atoms with Crippen molar-refractivity contribution in [2.24, 2.45) is 0 Å². The molecule has 260 valence electrons. The minimum absolute atomic E-state index is 0.756. The molecule has 2 atom stereocenters. The molecule has 4 N–H and O–H groups in total. The summed E-state index contributed by atoms with van der Waals surface area (Å²) in [5, 5.41) is 0. The van der Waals surface area contributed by atoms with Crippen molar-refractivity contribution in [3.63, 3.8) is 0 Å². The van der Waals surface area contributed by atoms with Crippen LogP contribution in [0.5, 0.6) is 0 Å². The minimum Gasteiger partial charge on any atom is -0.397 e. The molecular formula is C11H14N2S32. The average Bonchev–Trinajstić information content (AvgIpc) is 3.66. The Morgan fingerprint density at radius 2 is 0.578 bits per heavy atom. The van der Waals surface area contributed by atoms with Gasteiger partial charge in [0.25, 0.3) is 0 Å². The summed E-state index contributed by atoms with van der Waals surface area (Å²) in [5.41, 5.74) is 16.1. The van der Waals surface area contributed by atoms with Gasteiger partial charge in [0.2, 0.25) is 0 Å². The number of hydrogen-bond donors (Lipinski definition) is 2. The third-order valence-corrected chi connectivity index (χ3v) is 68.9. The Kier molecular flexibility index (Phi) is 35.9. The first-order chi connectivity index (χ1) is 22.2. The van der Waals surface area contributed by atoms with Crippen LogP contribution >= 0.6 is 0 Å². The molecule has 0 aromatic heterocycles. The van der Waals surface area contributed by atoms with E-state index in [2.05, 4.69) is 12.1 Å². The van der Waals surface area contributed by atoms with Gasteiger partial charge < -0.3 is 11.5 Å². The van der Waals surface area contributed by atoms with E-state index in [0.29, 0.717) is 0 Å². The fourth-order valence-corrected chi connectivity index (χ4v) is 80.1. The summed E-state index contributed by atoms with van der Waals surface area (Å²) in [5.74, 6) is 1.56. The van der Waals surface area contributed by atoms with Crippen LogP contribution in [0.4, 0.5) is 11.4 Å². The molecule has 0 saturated heterocycles. The van der Waals surface area contributed by atoms with E-state index in [1.165, 1.54) is 48.2 Å². The molecule has 2 bridgehead atoms. The molecule has 0 radical (unpaired) electrons. The molecule has 3 rings (SSSR count). The number of benzene rings is 1. The summed E-state index contributed by atoms with van der Waals surface area (Å²) in [6, 6.07) is 4.18. The first-order valence-electron chi connectivity index (χ1n) is 10.1. The van der Waals surface area contributed by atoms with E-state index < -0.39 is 0 Å². The van der Waals surface area contributed by atoms with Gasteiger partial charge in [-0.15, -0.1) is 0 Å². The normalized spacial score (nSPS) is 13.9. The molecular weight excluding hydrogens is 1190 g/mol. The quantitative estimate of drug-likeness (QED) is 0.392. The molecule has 34 heteroatoms. The number of rotatable bonds is 0. The van der Waals surface area contributed by atoms with Gasteiger partial charge in [-0.05, 0) is 54.4 Å². The second-order valence-corrected chi connectivity index (χ2v) is 59.4. The highest BCUT2D eigenvalue weighted by molar-refractivity contribution is 8.80. The smallest absolute Gasteiger partial charge is 0.0550 e. The first-order valence-corrected chi connectivity index (χ1v) is 51.4. The van der Waals surface area contributed by atoms with Crippen LogP contribution < -0.4 is 11.5 Å². The maximum Gasteiger partial charge on any atom is 0.0550 e. The Labute approximate surface area is 357 Å². The summed E-state index contributed by atoms with van der Waals surface area (Å²) >= 11 is 9.58. The molecule has 0 heterocycles. The molecule has 0 aliphatic heterocycles. The van der Waals surface area contributed by atoms with Crippen molar-refractivity contribution in [2.45, 2.75) is 31.1 Å². The lowest BCUT2D eigenvalue weighted by Crippen LogP contribution is -2.02. The van der Waals surface area contributed by atoms with Gasteiger partial charge in [0, 0.05) is 289 Å². The molecule has 2 unspecified atom stereocenters. The van der Waals surface area contributed by atoms with Gasteiger partial charge in [-0.1, -0.05) is 0 Å². The van der Waals surface area contributed by atoms with Crippen molar-refractivity contribution < 1.29 is 0 Å². The molecule has 0 spiro atoms. The van der Waals surface area contributed by atoms with Crippen LogP contribution in [0.1, 0.15) is 42.2 Å². The standard InChI is InChI=1S/C11H14N2.S32/c12-10-4-8-6-1-2-7(3-6)9(8)5-11(10)13;1-3-5-7-9-11-13-15-17-19-21-23-25-27-29-31-32-30-28-26-24-22-20-18-16-14-12-10-8-6-4-2/h4-7H,1-3,12-13H2;. The fourth-order valence-electron chi connectivity index (χ4n) is 3.24. The van der Waals surface area contributed by atoms with Crippen LogP contribution in [0.2, 0.25) is 0 Å². The number of hydrogen-bond acceptors (Lipinski definition) is 4. The highest BCUT2D eigenvalue weighted by Gasteiger charge is 2.36. The van der Waals surface area contributed by atoms with Gasteiger partial charge in [0.1, 0.15) is 0 Å². The van der Waals surface area contributed by atoms with Crippen molar-refractivity contribution in [3.05, 3.63) is 23.3 Å². The van der Waals surface area contributed by atoms with E-state index in [4.69, 9.17) is 33.8 Å². The Balaban J connectivity index is 0.000000438. The van der Waals surface area contributed by atoms with Crippen molar-refractivity contribution >= 4 is 300 Å². The van der Waals surface area contributed by atoms with E-state index in [1.807, 2.05) is 142 Å². The van der Waals surface area contributed by atoms with E-state index in [9.17, 15) is 0 Å². The number of anilines is 2. The van der Waals surface area contributed by atoms with Gasteiger partial charge in [0.05, 0.1) is 11.4 Å². The third-order valence-electron chi connectivity index (χ3n) is 4.41. The number of nitrogen functional groups attached to an aromatic ring is 2. The molecule has 1 aromatic rings. The predicted octanol–water partition coefficient (Wildman–Crippen LogP) is 2.14. The van der Waals surface area contributed by atoms with Crippen molar-refractivity contribution in [3.8, 4) is 0 Å². The number of nitrogens with two attached hydrogens (primary N) is 2. The molecule has 1 fully saturated rings. The first kappa shape index (κ1) is 47.0. The molecule has 1 aromatic carbocycles. The molecule has 2 nitrogen and oxygen atoms in total. The van der Waals surface area contributed by atoms with Gasteiger partial charge >= 0.3 is 0 Å². The summed E-state index contributed by atoms with van der Waals surface area (Å²) in [4.78, 5) is 0. The third kappa shape index (κ3) is 24.8. The highest BCUT2D eigenvalue weighted by Crippen LogP contribution is 2.54. The Morgan fingerprint density at radius 1 is 0.378 bits per heavy atom. The summed E-state index contributed by atoms with van der Waals surface area (Å²) < 4.78 is 0. The zero-order valence-electron chi connectivity index (χ0n) is 20.6. The van der Waals surface area contributed by atoms with Crippen molar-refractivity contribution in [1.82, 2.24) is 0 Å². The average molecular weight is 1200 g/mol. The molecule has 2 aliphatic rings. The monoisotopic (exact) mass is 1200 g/mol. The Morgan fingerprint density at radius 3 is 0.778 bits per heavy atom. The maximum atomic E-state index is 5.80. The second kappa shape index (κ2) is 34.4. The van der Waals surface area contributed by atoms with Crippen LogP contribution in [0, 0.1) is 0 Å². The molecule has 2 aliphatic carbocycles. The lowest BCUT2D eigenvalue weighted by molar-refractivity contribution is 0.718. The molecule has 45 heavy (non-hydrogen) atoms. The highest BCUT2D eigenvalue weighted by atomic mass is 33.5. The number of fused-ring (bicyclic) bond motifs is 5. The SMILES string of the molecule is Nc1cc2c(cc1N)C1CCC2C1.S=S=S=S=S=S=S=S=S=S=S=S=S=S=S=S=S=S=S=S=S=S=S=S=S=S=S=S=S=S=S=S. The van der Waals surface area contributed by atoms with Crippen LogP contribution in [0.25, 0.3) is 0 Å². The van der Waals surface area contributed by atoms with E-state index in [-0.39, 0.29) is 0 Å². The maximum absolute atomic E-state index is 5.80. The zero-order valence-corrected chi connectivity index (χ0v) is 46.8. The van der Waals surface area contributed by atoms with Gasteiger partial charge in [0.15, 0.2) is 0 Å². The van der Waals surface area contributed by atoms with Crippen LogP contribution in [0.3, 0.4) is 0 Å². The van der Waals surface area contributed by atoms with E-state index in [1.54, 1.807) is 107 Å². The van der Waals surface area contributed by atoms with E-state index >= 15 is 0 Å². The zero-order chi connectivity index (χ0) is 32.2. The van der Waals surface area contributed by atoms with E-state index in [0.717, 1.165) is 23.2 Å². The minimum atomic E-state index is 0.756. The summed E-state index contributed by atoms with van der Waals surface area (Å²) in [6.07, 6.45) is 4.03. The lowest BCUT2D eigenvalue weighted by Gasteiger charge is -2.16. The summed E-state index contributed by atoms with van der Waals surface area (Å²) in [6.45, 7) is 0. The lowest BCUT2D eigenvalue weighted by atomic mass is 9.91. The van der Waals surface area contributed by atoms with Crippen LogP contribution in [-0.4, -0.2) is 0 Å². The molecule has 0 amide bonds. The second-order valence-electron chi connectivity index (χ2n) is 6.36. The van der Waals surface area contributed by atoms with Crippen molar-refractivity contribution in [2.75, 3.05) is 11.5 Å². The van der Waals surface area contributed by atoms with Gasteiger partial charge in [-0.2, -0.15) is 0 Å². The fraction of sp³-hybridized carbons (Fsp3) is 0.455. The predicted molar refractivity (Wildman–Crippen MR) is 290 cm³/mol. The largest absolute Gasteiger partial charge is 0.397 e.